The van der Waals surface area contributed by atoms with Crippen molar-refractivity contribution in [1.82, 2.24) is 5.32 Å². The number of nitrogens with one attached hydrogen (secondary N) is 1. The zero-order valence-electron chi connectivity index (χ0n) is 12.6. The van der Waals surface area contributed by atoms with Crippen LogP contribution in [0.15, 0.2) is 18.2 Å². The maximum absolute atomic E-state index is 6.41. The van der Waals surface area contributed by atoms with Gasteiger partial charge in [-0.3, -0.25) is 0 Å². The Balaban J connectivity index is 2.24. The van der Waals surface area contributed by atoms with Crippen LogP contribution in [0.4, 0.5) is 0 Å². The molecule has 4 unspecified atom stereocenters. The van der Waals surface area contributed by atoms with Crippen LogP contribution in [0.5, 0.6) is 0 Å². The number of hydrogen-bond acceptors (Lipinski definition) is 1. The number of hydrogen-bond donors (Lipinski definition) is 1. The highest BCUT2D eigenvalue weighted by Crippen LogP contribution is 2.41. The molecule has 0 heterocycles. The lowest BCUT2D eigenvalue weighted by atomic mass is 9.72. The molecule has 1 aliphatic carbocycles. The molecule has 3 heteroatoms. The van der Waals surface area contributed by atoms with Gasteiger partial charge in [-0.15, -0.1) is 0 Å². The Morgan fingerprint density at radius 3 is 2.60 bits per heavy atom. The van der Waals surface area contributed by atoms with Crippen LogP contribution >= 0.6 is 23.2 Å². The van der Waals surface area contributed by atoms with Crippen LogP contribution in [0, 0.1) is 17.8 Å². The van der Waals surface area contributed by atoms with Gasteiger partial charge in [-0.05, 0) is 60.9 Å². The Kier molecular flexibility index (Phi) is 5.77. The van der Waals surface area contributed by atoms with E-state index in [2.05, 4.69) is 26.1 Å². The molecule has 0 aromatic heterocycles. The van der Waals surface area contributed by atoms with Crippen LogP contribution in [0.1, 0.15) is 51.6 Å². The monoisotopic (exact) mass is 313 g/mol. The van der Waals surface area contributed by atoms with Crippen LogP contribution in [0.25, 0.3) is 0 Å². The van der Waals surface area contributed by atoms with Crippen LogP contribution < -0.4 is 5.32 Å². The minimum absolute atomic E-state index is 0.321. The molecule has 1 nitrogen and oxygen atoms in total. The molecule has 1 N–H and O–H groups in total. The van der Waals surface area contributed by atoms with E-state index in [4.69, 9.17) is 23.2 Å². The minimum Gasteiger partial charge on any atom is -0.310 e. The molecule has 1 aromatic carbocycles. The van der Waals surface area contributed by atoms with Crippen LogP contribution in [-0.2, 0) is 0 Å². The maximum Gasteiger partial charge on any atom is 0.0454 e. The summed E-state index contributed by atoms with van der Waals surface area (Å²) in [7, 11) is 0. The predicted molar refractivity (Wildman–Crippen MR) is 88.5 cm³/mol. The molecule has 0 aliphatic heterocycles. The molecule has 1 aliphatic rings. The molecule has 1 fully saturated rings. The summed E-state index contributed by atoms with van der Waals surface area (Å²) in [6.45, 7) is 7.85. The summed E-state index contributed by atoms with van der Waals surface area (Å²) in [6, 6.07) is 6.13. The number of benzene rings is 1. The SMILES string of the molecule is CCNC(c1cc(Cl)ccc1Cl)C1CCC(C)C(C)C1. The van der Waals surface area contributed by atoms with Gasteiger partial charge in [0.15, 0.2) is 0 Å². The van der Waals surface area contributed by atoms with Crippen LogP contribution in [0.2, 0.25) is 10.0 Å². The summed E-state index contributed by atoms with van der Waals surface area (Å²) in [5.41, 5.74) is 1.16. The van der Waals surface area contributed by atoms with Gasteiger partial charge >= 0.3 is 0 Å². The van der Waals surface area contributed by atoms with Crippen molar-refractivity contribution in [2.75, 3.05) is 6.54 Å². The second-order valence-corrected chi connectivity index (χ2v) is 7.07. The Labute approximate surface area is 133 Å². The van der Waals surface area contributed by atoms with E-state index < -0.39 is 0 Å². The first-order valence-electron chi connectivity index (χ1n) is 7.71. The van der Waals surface area contributed by atoms with E-state index in [0.717, 1.165) is 34.0 Å². The molecule has 112 valence electrons. The van der Waals surface area contributed by atoms with E-state index in [-0.39, 0.29) is 0 Å². The van der Waals surface area contributed by atoms with Gasteiger partial charge in [-0.1, -0.05) is 50.4 Å². The van der Waals surface area contributed by atoms with Crippen molar-refractivity contribution >= 4 is 23.2 Å². The molecule has 4 atom stereocenters. The quantitative estimate of drug-likeness (QED) is 0.750. The summed E-state index contributed by atoms with van der Waals surface area (Å²) in [5, 5.41) is 5.22. The fourth-order valence-electron chi connectivity index (χ4n) is 3.40. The molecular formula is C17H25Cl2N. The Hall–Kier alpha value is -0.240. The van der Waals surface area contributed by atoms with E-state index in [1.54, 1.807) is 0 Å². The molecule has 0 amide bonds. The molecule has 1 saturated carbocycles. The van der Waals surface area contributed by atoms with Gasteiger partial charge in [0.05, 0.1) is 0 Å². The minimum atomic E-state index is 0.321. The third-order valence-electron chi connectivity index (χ3n) is 4.83. The van der Waals surface area contributed by atoms with Gasteiger partial charge in [0.25, 0.3) is 0 Å². The average molecular weight is 314 g/mol. The molecule has 0 saturated heterocycles. The third-order valence-corrected chi connectivity index (χ3v) is 5.41. The Morgan fingerprint density at radius 1 is 1.20 bits per heavy atom. The third kappa shape index (κ3) is 3.69. The van der Waals surface area contributed by atoms with Crippen molar-refractivity contribution in [2.24, 2.45) is 17.8 Å². The summed E-state index contributed by atoms with van der Waals surface area (Å²) in [4.78, 5) is 0. The summed E-state index contributed by atoms with van der Waals surface area (Å²) >= 11 is 12.6. The van der Waals surface area contributed by atoms with Gasteiger partial charge in [-0.2, -0.15) is 0 Å². The second-order valence-electron chi connectivity index (χ2n) is 6.23. The highest BCUT2D eigenvalue weighted by atomic mass is 35.5. The molecule has 0 radical (unpaired) electrons. The first kappa shape index (κ1) is 16.1. The van der Waals surface area contributed by atoms with Crippen molar-refractivity contribution in [3.8, 4) is 0 Å². The highest BCUT2D eigenvalue weighted by molar-refractivity contribution is 6.33. The summed E-state index contributed by atoms with van der Waals surface area (Å²) in [5.74, 6) is 2.27. The molecule has 1 aromatic rings. The lowest BCUT2D eigenvalue weighted by Crippen LogP contribution is -2.33. The summed E-state index contributed by atoms with van der Waals surface area (Å²) in [6.07, 6.45) is 3.85. The fourth-order valence-corrected chi connectivity index (χ4v) is 3.81. The van der Waals surface area contributed by atoms with E-state index in [1.807, 2.05) is 18.2 Å². The van der Waals surface area contributed by atoms with Crippen molar-refractivity contribution in [1.29, 1.82) is 0 Å². The van der Waals surface area contributed by atoms with Crippen LogP contribution in [0.3, 0.4) is 0 Å². The van der Waals surface area contributed by atoms with Gasteiger partial charge < -0.3 is 5.32 Å². The standard InChI is InChI=1S/C17H25Cl2N/c1-4-20-17(13-6-5-11(2)12(3)9-13)15-10-14(18)7-8-16(15)19/h7-8,10-13,17,20H,4-6,9H2,1-3H3. The lowest BCUT2D eigenvalue weighted by molar-refractivity contribution is 0.172. The van der Waals surface area contributed by atoms with Crippen molar-refractivity contribution in [2.45, 2.75) is 46.1 Å². The van der Waals surface area contributed by atoms with Gasteiger partial charge in [0, 0.05) is 16.1 Å². The topological polar surface area (TPSA) is 12.0 Å². The van der Waals surface area contributed by atoms with E-state index >= 15 is 0 Å². The summed E-state index contributed by atoms with van der Waals surface area (Å²) < 4.78 is 0. The number of rotatable bonds is 4. The highest BCUT2D eigenvalue weighted by Gasteiger charge is 2.31. The van der Waals surface area contributed by atoms with Gasteiger partial charge in [0.1, 0.15) is 0 Å². The fraction of sp³-hybridized carbons (Fsp3) is 0.647. The molecular weight excluding hydrogens is 289 g/mol. The maximum atomic E-state index is 6.41. The molecule has 20 heavy (non-hydrogen) atoms. The van der Waals surface area contributed by atoms with Crippen molar-refractivity contribution in [3.05, 3.63) is 33.8 Å². The first-order chi connectivity index (χ1) is 9.52. The smallest absolute Gasteiger partial charge is 0.0454 e. The zero-order chi connectivity index (χ0) is 14.7. The second kappa shape index (κ2) is 7.15. The normalized spacial score (nSPS) is 28.4. The van der Waals surface area contributed by atoms with Gasteiger partial charge in [-0.25, -0.2) is 0 Å². The number of halogens is 2. The molecule has 0 spiro atoms. The Morgan fingerprint density at radius 2 is 1.95 bits per heavy atom. The largest absolute Gasteiger partial charge is 0.310 e. The van der Waals surface area contributed by atoms with E-state index in [9.17, 15) is 0 Å². The van der Waals surface area contributed by atoms with Gasteiger partial charge in [0.2, 0.25) is 0 Å². The molecule has 0 bridgehead atoms. The average Bonchev–Trinajstić information content (AvgIpc) is 2.42. The predicted octanol–water partition coefficient (Wildman–Crippen LogP) is 5.72. The van der Waals surface area contributed by atoms with Crippen LogP contribution in [-0.4, -0.2) is 6.54 Å². The first-order valence-corrected chi connectivity index (χ1v) is 8.46. The Bertz CT molecular complexity index is 447. The van der Waals surface area contributed by atoms with E-state index in [1.165, 1.54) is 19.3 Å². The zero-order valence-corrected chi connectivity index (χ0v) is 14.1. The van der Waals surface area contributed by atoms with Crippen molar-refractivity contribution < 1.29 is 0 Å². The van der Waals surface area contributed by atoms with Crippen molar-refractivity contribution in [3.63, 3.8) is 0 Å². The van der Waals surface area contributed by atoms with E-state index in [0.29, 0.717) is 12.0 Å². The molecule has 2 rings (SSSR count). The lowest BCUT2D eigenvalue weighted by Gasteiger charge is -2.37.